The first-order chi connectivity index (χ1) is 9.02. The Morgan fingerprint density at radius 2 is 1.84 bits per heavy atom. The summed E-state index contributed by atoms with van der Waals surface area (Å²) in [6.45, 7) is 0. The summed E-state index contributed by atoms with van der Waals surface area (Å²) in [5.41, 5.74) is 13.3. The maximum atomic E-state index is 11.1. The van der Waals surface area contributed by atoms with Gasteiger partial charge in [-0.05, 0) is 29.8 Å². The minimum Gasteiger partial charge on any atom is -0.497 e. The molecule has 0 bridgehead atoms. The third-order valence-electron chi connectivity index (χ3n) is 2.80. The standard InChI is InChI=1S/C13H13N3O3/c1-19-9-3-4-10(13(7-9)16(17)18)8-2-5-11(14)12(15)6-8/h2-7H,14-15H2,1H3. The highest BCUT2D eigenvalue weighted by molar-refractivity contribution is 5.80. The second kappa shape index (κ2) is 4.85. The number of nitrogens with two attached hydrogens (primary N) is 2. The van der Waals surface area contributed by atoms with Crippen molar-refractivity contribution < 1.29 is 9.66 Å². The van der Waals surface area contributed by atoms with Crippen LogP contribution in [0.2, 0.25) is 0 Å². The van der Waals surface area contributed by atoms with Crippen molar-refractivity contribution in [2.75, 3.05) is 18.6 Å². The van der Waals surface area contributed by atoms with Crippen molar-refractivity contribution in [3.63, 3.8) is 0 Å². The molecule has 6 nitrogen and oxygen atoms in total. The van der Waals surface area contributed by atoms with Gasteiger partial charge < -0.3 is 16.2 Å². The molecule has 0 aliphatic rings. The molecule has 2 aromatic rings. The predicted octanol–water partition coefficient (Wildman–Crippen LogP) is 2.43. The summed E-state index contributed by atoms with van der Waals surface area (Å²) >= 11 is 0. The van der Waals surface area contributed by atoms with Gasteiger partial charge in [0.15, 0.2) is 0 Å². The van der Waals surface area contributed by atoms with Gasteiger partial charge in [0.25, 0.3) is 5.69 Å². The Kier molecular flexibility index (Phi) is 3.24. The number of nitrogens with zero attached hydrogens (tertiary/aromatic N) is 1. The largest absolute Gasteiger partial charge is 0.497 e. The quantitative estimate of drug-likeness (QED) is 0.500. The zero-order valence-corrected chi connectivity index (χ0v) is 10.3. The van der Waals surface area contributed by atoms with Gasteiger partial charge in [-0.2, -0.15) is 0 Å². The van der Waals surface area contributed by atoms with Crippen molar-refractivity contribution in [2.45, 2.75) is 0 Å². The van der Waals surface area contributed by atoms with E-state index in [1.165, 1.54) is 13.2 Å². The van der Waals surface area contributed by atoms with Crippen molar-refractivity contribution in [2.24, 2.45) is 0 Å². The van der Waals surface area contributed by atoms with E-state index in [-0.39, 0.29) is 5.69 Å². The van der Waals surface area contributed by atoms with E-state index in [0.29, 0.717) is 28.3 Å². The molecule has 0 aliphatic heterocycles. The molecule has 0 aromatic heterocycles. The first kappa shape index (κ1) is 12.7. The fraction of sp³-hybridized carbons (Fsp3) is 0.0769. The summed E-state index contributed by atoms with van der Waals surface area (Å²) in [5.74, 6) is 0.430. The van der Waals surface area contributed by atoms with Crippen molar-refractivity contribution in [3.8, 4) is 16.9 Å². The summed E-state index contributed by atoms with van der Waals surface area (Å²) in [4.78, 5) is 10.7. The summed E-state index contributed by atoms with van der Waals surface area (Å²) in [7, 11) is 1.46. The topological polar surface area (TPSA) is 104 Å². The molecule has 19 heavy (non-hydrogen) atoms. The number of hydrogen-bond acceptors (Lipinski definition) is 5. The van der Waals surface area contributed by atoms with Gasteiger partial charge in [0, 0.05) is 0 Å². The lowest BCUT2D eigenvalue weighted by Gasteiger charge is -2.07. The molecule has 0 amide bonds. The molecule has 2 rings (SSSR count). The van der Waals surface area contributed by atoms with Gasteiger partial charge in [-0.1, -0.05) is 6.07 Å². The van der Waals surface area contributed by atoms with Crippen LogP contribution in [0.4, 0.5) is 17.1 Å². The van der Waals surface area contributed by atoms with E-state index in [4.69, 9.17) is 16.2 Å². The third kappa shape index (κ3) is 2.42. The van der Waals surface area contributed by atoms with Crippen molar-refractivity contribution in [3.05, 3.63) is 46.5 Å². The van der Waals surface area contributed by atoms with E-state index >= 15 is 0 Å². The Morgan fingerprint density at radius 3 is 2.42 bits per heavy atom. The second-order valence-electron chi connectivity index (χ2n) is 3.98. The average molecular weight is 259 g/mol. The highest BCUT2D eigenvalue weighted by Crippen LogP contribution is 2.34. The number of anilines is 2. The number of nitro benzene ring substituents is 1. The van der Waals surface area contributed by atoms with Crippen LogP contribution in [-0.4, -0.2) is 12.0 Å². The predicted molar refractivity (Wildman–Crippen MR) is 73.9 cm³/mol. The fourth-order valence-corrected chi connectivity index (χ4v) is 1.78. The van der Waals surface area contributed by atoms with Gasteiger partial charge in [0.2, 0.25) is 0 Å². The van der Waals surface area contributed by atoms with E-state index in [2.05, 4.69) is 0 Å². The van der Waals surface area contributed by atoms with E-state index in [9.17, 15) is 10.1 Å². The molecule has 0 heterocycles. The normalized spacial score (nSPS) is 10.2. The second-order valence-corrected chi connectivity index (χ2v) is 3.98. The van der Waals surface area contributed by atoms with Crippen LogP contribution < -0.4 is 16.2 Å². The minimum absolute atomic E-state index is 0.0384. The van der Waals surface area contributed by atoms with Gasteiger partial charge >= 0.3 is 0 Å². The van der Waals surface area contributed by atoms with Gasteiger partial charge in [-0.25, -0.2) is 0 Å². The van der Waals surface area contributed by atoms with E-state index in [0.717, 1.165) is 0 Å². The van der Waals surface area contributed by atoms with E-state index in [1.54, 1.807) is 30.3 Å². The summed E-state index contributed by atoms with van der Waals surface area (Å²) in [5, 5.41) is 11.1. The summed E-state index contributed by atoms with van der Waals surface area (Å²) in [6.07, 6.45) is 0. The van der Waals surface area contributed by atoms with Crippen LogP contribution in [-0.2, 0) is 0 Å². The molecule has 0 fully saturated rings. The summed E-state index contributed by atoms with van der Waals surface area (Å²) < 4.78 is 4.99. The Bertz CT molecular complexity index is 641. The number of nitro groups is 1. The van der Waals surface area contributed by atoms with Crippen LogP contribution in [0.25, 0.3) is 11.1 Å². The lowest BCUT2D eigenvalue weighted by atomic mass is 10.0. The number of ether oxygens (including phenoxy) is 1. The highest BCUT2D eigenvalue weighted by Gasteiger charge is 2.17. The molecule has 6 heteroatoms. The number of methoxy groups -OCH3 is 1. The van der Waals surface area contributed by atoms with E-state index < -0.39 is 4.92 Å². The van der Waals surface area contributed by atoms with Crippen LogP contribution in [0.15, 0.2) is 36.4 Å². The minimum atomic E-state index is -0.454. The van der Waals surface area contributed by atoms with Crippen molar-refractivity contribution in [1.82, 2.24) is 0 Å². The van der Waals surface area contributed by atoms with Crippen LogP contribution in [0.5, 0.6) is 5.75 Å². The van der Waals surface area contributed by atoms with Crippen molar-refractivity contribution in [1.29, 1.82) is 0 Å². The molecule has 0 unspecified atom stereocenters. The molecule has 0 saturated heterocycles. The average Bonchev–Trinajstić information content (AvgIpc) is 2.41. The zero-order valence-electron chi connectivity index (χ0n) is 10.3. The monoisotopic (exact) mass is 259 g/mol. The van der Waals surface area contributed by atoms with Crippen LogP contribution >= 0.6 is 0 Å². The lowest BCUT2D eigenvalue weighted by Crippen LogP contribution is -1.97. The number of benzene rings is 2. The number of rotatable bonds is 3. The Labute approximate surface area is 109 Å². The Morgan fingerprint density at radius 1 is 1.11 bits per heavy atom. The molecule has 0 atom stereocenters. The molecule has 0 spiro atoms. The van der Waals surface area contributed by atoms with Gasteiger partial charge in [-0.15, -0.1) is 0 Å². The maximum absolute atomic E-state index is 11.1. The molecule has 0 aliphatic carbocycles. The fourth-order valence-electron chi connectivity index (χ4n) is 1.78. The highest BCUT2D eigenvalue weighted by atomic mass is 16.6. The van der Waals surface area contributed by atoms with Crippen LogP contribution in [0.3, 0.4) is 0 Å². The molecule has 2 aromatic carbocycles. The van der Waals surface area contributed by atoms with Crippen LogP contribution in [0, 0.1) is 10.1 Å². The maximum Gasteiger partial charge on any atom is 0.280 e. The molecular weight excluding hydrogens is 246 g/mol. The first-order valence-electron chi connectivity index (χ1n) is 5.50. The Hall–Kier alpha value is -2.76. The summed E-state index contributed by atoms with van der Waals surface area (Å²) in [6, 6.07) is 9.60. The SMILES string of the molecule is COc1ccc(-c2ccc(N)c(N)c2)c([N+](=O)[O-])c1. The van der Waals surface area contributed by atoms with Gasteiger partial charge in [-0.3, -0.25) is 10.1 Å². The smallest absolute Gasteiger partial charge is 0.280 e. The number of hydrogen-bond donors (Lipinski definition) is 2. The first-order valence-corrected chi connectivity index (χ1v) is 5.50. The third-order valence-corrected chi connectivity index (χ3v) is 2.80. The molecule has 0 radical (unpaired) electrons. The zero-order chi connectivity index (χ0) is 14.0. The number of nitrogen functional groups attached to an aromatic ring is 2. The lowest BCUT2D eigenvalue weighted by molar-refractivity contribution is -0.384. The van der Waals surface area contributed by atoms with Crippen molar-refractivity contribution >= 4 is 17.1 Å². The Balaban J connectivity index is 2.60. The molecule has 4 N–H and O–H groups in total. The van der Waals surface area contributed by atoms with Gasteiger partial charge in [0.1, 0.15) is 5.75 Å². The molecule has 0 saturated carbocycles. The molecular formula is C13H13N3O3. The molecule has 98 valence electrons. The van der Waals surface area contributed by atoms with E-state index in [1.807, 2.05) is 0 Å². The van der Waals surface area contributed by atoms with Crippen LogP contribution in [0.1, 0.15) is 0 Å². The van der Waals surface area contributed by atoms with Gasteiger partial charge in [0.05, 0.1) is 35.0 Å².